The number of carboxylic acids is 1. The fourth-order valence-electron chi connectivity index (χ4n) is 3.26. The lowest BCUT2D eigenvalue weighted by Crippen LogP contribution is -2.43. The van der Waals surface area contributed by atoms with Crippen LogP contribution in [0.1, 0.15) is 54.4 Å². The molecule has 1 aliphatic rings. The number of piperidine rings is 1. The summed E-state index contributed by atoms with van der Waals surface area (Å²) in [6.07, 6.45) is 1.84. The molecular formula is C18H26N2O4S. The lowest BCUT2D eigenvalue weighted by molar-refractivity contribution is -0.137. The zero-order valence-corrected chi connectivity index (χ0v) is 16.0. The molecule has 25 heavy (non-hydrogen) atoms. The zero-order chi connectivity index (χ0) is 18.7. The second-order valence-corrected chi connectivity index (χ2v) is 7.97. The Balaban J connectivity index is 2.05. The molecule has 0 aromatic carbocycles. The van der Waals surface area contributed by atoms with E-state index in [2.05, 4.69) is 5.32 Å². The number of nitrogens with zero attached hydrogens (tertiary/aromatic N) is 1. The van der Waals surface area contributed by atoms with E-state index in [9.17, 15) is 19.5 Å². The van der Waals surface area contributed by atoms with Gasteiger partial charge in [-0.05, 0) is 31.7 Å². The molecule has 0 atom stereocenters. The third-order valence-corrected chi connectivity index (χ3v) is 5.75. The molecule has 1 saturated heterocycles. The Labute approximate surface area is 152 Å². The summed E-state index contributed by atoms with van der Waals surface area (Å²) in [5.41, 5.74) is 0.996. The number of amides is 2. The Morgan fingerprint density at radius 2 is 1.88 bits per heavy atom. The third-order valence-electron chi connectivity index (χ3n) is 4.68. The molecule has 1 fully saturated rings. The molecule has 0 aliphatic carbocycles. The van der Waals surface area contributed by atoms with Crippen molar-refractivity contribution in [2.75, 3.05) is 18.4 Å². The lowest BCUT2D eigenvalue weighted by Gasteiger charge is -2.32. The highest BCUT2D eigenvalue weighted by Gasteiger charge is 2.30. The van der Waals surface area contributed by atoms with Gasteiger partial charge in [0.25, 0.3) is 0 Å². The fourth-order valence-corrected chi connectivity index (χ4v) is 4.40. The molecule has 1 aromatic heterocycles. The maximum absolute atomic E-state index is 12.6. The van der Waals surface area contributed by atoms with E-state index in [1.807, 2.05) is 32.6 Å². The van der Waals surface area contributed by atoms with Gasteiger partial charge in [-0.2, -0.15) is 0 Å². The quantitative estimate of drug-likeness (QED) is 0.838. The van der Waals surface area contributed by atoms with Gasteiger partial charge >= 0.3 is 5.97 Å². The highest BCUT2D eigenvalue weighted by molar-refractivity contribution is 7.16. The zero-order valence-electron chi connectivity index (χ0n) is 15.2. The largest absolute Gasteiger partial charge is 0.478 e. The van der Waals surface area contributed by atoms with Crippen LogP contribution < -0.4 is 5.32 Å². The van der Waals surface area contributed by atoms with Gasteiger partial charge in [-0.3, -0.25) is 9.59 Å². The molecule has 6 nitrogen and oxygen atoms in total. The van der Waals surface area contributed by atoms with Gasteiger partial charge < -0.3 is 15.3 Å². The van der Waals surface area contributed by atoms with Gasteiger partial charge in [0.15, 0.2) is 0 Å². The monoisotopic (exact) mass is 366 g/mol. The summed E-state index contributed by atoms with van der Waals surface area (Å²) in [5, 5.41) is 12.7. The number of carbonyl (C=O) groups is 3. The fraction of sp³-hybridized carbons (Fsp3) is 0.611. The maximum Gasteiger partial charge on any atom is 0.339 e. The Bertz CT molecular complexity index is 673. The number of carbonyl (C=O) groups excluding carboxylic acids is 2. The van der Waals surface area contributed by atoms with Crippen LogP contribution in [0.2, 0.25) is 0 Å². The summed E-state index contributed by atoms with van der Waals surface area (Å²) >= 11 is 1.32. The van der Waals surface area contributed by atoms with Crippen LogP contribution in [-0.2, 0) is 16.0 Å². The van der Waals surface area contributed by atoms with Crippen molar-refractivity contribution in [3.05, 3.63) is 16.0 Å². The van der Waals surface area contributed by atoms with Gasteiger partial charge in [-0.1, -0.05) is 20.8 Å². The van der Waals surface area contributed by atoms with Gasteiger partial charge in [0, 0.05) is 29.8 Å². The van der Waals surface area contributed by atoms with Crippen molar-refractivity contribution in [1.82, 2.24) is 4.90 Å². The smallest absolute Gasteiger partial charge is 0.339 e. The minimum absolute atomic E-state index is 0.0370. The van der Waals surface area contributed by atoms with Gasteiger partial charge in [-0.25, -0.2) is 4.79 Å². The molecule has 2 rings (SSSR count). The number of aromatic carboxylic acids is 1. The molecule has 2 heterocycles. The summed E-state index contributed by atoms with van der Waals surface area (Å²) in [4.78, 5) is 38.9. The first-order valence-electron chi connectivity index (χ1n) is 8.71. The van der Waals surface area contributed by atoms with E-state index in [0.717, 1.165) is 10.4 Å². The maximum atomic E-state index is 12.6. The van der Waals surface area contributed by atoms with Crippen LogP contribution in [0.4, 0.5) is 5.00 Å². The second-order valence-electron chi connectivity index (χ2n) is 6.74. The average molecular weight is 366 g/mol. The van der Waals surface area contributed by atoms with Crippen LogP contribution in [0, 0.1) is 18.8 Å². The second kappa shape index (κ2) is 7.99. The van der Waals surface area contributed by atoms with E-state index in [0.29, 0.717) is 37.4 Å². The highest BCUT2D eigenvalue weighted by Crippen LogP contribution is 2.34. The number of carboxylic acid groups (broad SMARTS) is 1. The normalized spacial score (nSPS) is 15.5. The molecule has 1 aliphatic heterocycles. The Morgan fingerprint density at radius 1 is 1.28 bits per heavy atom. The van der Waals surface area contributed by atoms with Crippen LogP contribution in [0.25, 0.3) is 0 Å². The van der Waals surface area contributed by atoms with Crippen molar-refractivity contribution in [1.29, 1.82) is 0 Å². The number of hydrogen-bond acceptors (Lipinski definition) is 4. The number of aryl methyl sites for hydroxylation is 1. The molecule has 1 aromatic rings. The average Bonchev–Trinajstić information content (AvgIpc) is 2.89. The summed E-state index contributed by atoms with van der Waals surface area (Å²) in [6, 6.07) is 0. The number of anilines is 1. The summed E-state index contributed by atoms with van der Waals surface area (Å²) in [6.45, 7) is 8.68. The predicted octanol–water partition coefficient (Wildman–Crippen LogP) is 3.15. The van der Waals surface area contributed by atoms with E-state index in [1.54, 1.807) is 0 Å². The first-order valence-corrected chi connectivity index (χ1v) is 9.53. The van der Waals surface area contributed by atoms with Crippen LogP contribution in [0.5, 0.6) is 0 Å². The van der Waals surface area contributed by atoms with E-state index in [1.165, 1.54) is 11.3 Å². The molecule has 0 unspecified atom stereocenters. The summed E-state index contributed by atoms with van der Waals surface area (Å²) in [5.74, 6) is -1.26. The minimum atomic E-state index is -1.01. The topological polar surface area (TPSA) is 86.7 Å². The first kappa shape index (κ1) is 19.4. The third kappa shape index (κ3) is 4.21. The van der Waals surface area contributed by atoms with Gasteiger partial charge in [0.2, 0.25) is 11.8 Å². The van der Waals surface area contributed by atoms with Crippen molar-refractivity contribution in [3.8, 4) is 0 Å². The first-order chi connectivity index (χ1) is 11.8. The molecular weight excluding hydrogens is 340 g/mol. The van der Waals surface area contributed by atoms with Gasteiger partial charge in [0.05, 0.1) is 5.56 Å². The molecule has 2 N–H and O–H groups in total. The number of rotatable bonds is 5. The molecule has 0 bridgehead atoms. The number of thiophene rings is 1. The van der Waals surface area contributed by atoms with E-state index >= 15 is 0 Å². The van der Waals surface area contributed by atoms with Crippen LogP contribution in [-0.4, -0.2) is 40.9 Å². The summed E-state index contributed by atoms with van der Waals surface area (Å²) < 4.78 is 0. The number of hydrogen-bond donors (Lipinski definition) is 2. The van der Waals surface area contributed by atoms with Crippen molar-refractivity contribution >= 4 is 34.1 Å². The molecule has 138 valence electrons. The SMILES string of the molecule is CCc1c(C)sc(NC(=O)C2CCN(C(=O)C(C)C)CC2)c1C(=O)O. The molecule has 2 amide bonds. The van der Waals surface area contributed by atoms with Crippen molar-refractivity contribution < 1.29 is 19.5 Å². The van der Waals surface area contributed by atoms with E-state index in [4.69, 9.17) is 0 Å². The number of nitrogens with one attached hydrogen (secondary N) is 1. The standard InChI is InChI=1S/C18H26N2O4S/c1-5-13-11(4)25-16(14(13)18(23)24)19-15(21)12-6-8-20(9-7-12)17(22)10(2)3/h10,12H,5-9H2,1-4H3,(H,19,21)(H,23,24). The van der Waals surface area contributed by atoms with E-state index in [-0.39, 0.29) is 29.2 Å². The van der Waals surface area contributed by atoms with Crippen LogP contribution >= 0.6 is 11.3 Å². The molecule has 0 saturated carbocycles. The number of likely N-dealkylation sites (tertiary alicyclic amines) is 1. The summed E-state index contributed by atoms with van der Waals surface area (Å²) in [7, 11) is 0. The molecule has 0 radical (unpaired) electrons. The van der Waals surface area contributed by atoms with Gasteiger partial charge in [0.1, 0.15) is 5.00 Å². The Hall–Kier alpha value is -1.89. The minimum Gasteiger partial charge on any atom is -0.478 e. The molecule has 7 heteroatoms. The Kier molecular flexibility index (Phi) is 6.21. The van der Waals surface area contributed by atoms with Crippen molar-refractivity contribution in [2.24, 2.45) is 11.8 Å². The van der Waals surface area contributed by atoms with Gasteiger partial charge in [-0.15, -0.1) is 11.3 Å². The van der Waals surface area contributed by atoms with Crippen molar-refractivity contribution in [2.45, 2.75) is 47.0 Å². The molecule has 0 spiro atoms. The highest BCUT2D eigenvalue weighted by atomic mass is 32.1. The van der Waals surface area contributed by atoms with Crippen molar-refractivity contribution in [3.63, 3.8) is 0 Å². The Morgan fingerprint density at radius 3 is 2.36 bits per heavy atom. The predicted molar refractivity (Wildman–Crippen MR) is 98.2 cm³/mol. The van der Waals surface area contributed by atoms with Crippen LogP contribution in [0.15, 0.2) is 0 Å². The lowest BCUT2D eigenvalue weighted by atomic mass is 9.95. The van der Waals surface area contributed by atoms with Crippen LogP contribution in [0.3, 0.4) is 0 Å². The van der Waals surface area contributed by atoms with E-state index < -0.39 is 5.97 Å².